The standard InChI is InChI=1S/C16H18.C15H22.C15H16.C14H16.C11H16.CH4/c1-13(2)16-10-8-15(9-11-16)12-14-6-4-3-5-7-14;2*1-12(2)13-8-10-15(11-9-13)14-6-4-3-5-7-14;1-11(2)12-7-9-14(10-8-12)13-5-3-4-6-13;1-9(2)8-11-6-4-10(3)5-7-11;/h3-11,13H,12H2,1-2H3;8-12,14H,3-7H2,1-2H3;3-12H,1-2H3;3-5,7-11H,6H2,1-2H3;4-7,9H,8H2,1-3H3;1H4. The molecule has 0 spiro atoms. The van der Waals surface area contributed by atoms with E-state index >= 15 is 0 Å². The molecule has 0 amide bonds. The van der Waals surface area contributed by atoms with E-state index in [2.05, 4.69) is 270 Å². The van der Waals surface area contributed by atoms with E-state index in [1.54, 1.807) is 5.56 Å². The zero-order valence-corrected chi connectivity index (χ0v) is 45.7. The van der Waals surface area contributed by atoms with Gasteiger partial charge in [-0.25, -0.2) is 0 Å². The Bertz CT molecular complexity index is 2540. The van der Waals surface area contributed by atoms with Crippen LogP contribution in [0.1, 0.15) is 200 Å². The second-order valence-corrected chi connectivity index (χ2v) is 21.5. The average molecular weight is 958 g/mol. The highest BCUT2D eigenvalue weighted by atomic mass is 14.2. The molecule has 380 valence electrons. The normalized spacial score (nSPS) is 12.9. The van der Waals surface area contributed by atoms with Crippen LogP contribution in [-0.2, 0) is 12.8 Å². The molecule has 0 radical (unpaired) electrons. The van der Waals surface area contributed by atoms with Gasteiger partial charge >= 0.3 is 0 Å². The Morgan fingerprint density at radius 1 is 0.403 bits per heavy atom. The van der Waals surface area contributed by atoms with Crippen molar-refractivity contribution in [2.75, 3.05) is 0 Å². The Morgan fingerprint density at radius 2 is 0.806 bits per heavy atom. The van der Waals surface area contributed by atoms with Crippen LogP contribution in [0.15, 0.2) is 200 Å². The van der Waals surface area contributed by atoms with E-state index in [1.807, 2.05) is 6.07 Å². The summed E-state index contributed by atoms with van der Waals surface area (Å²) in [5.41, 5.74) is 18.2. The maximum atomic E-state index is 2.35. The van der Waals surface area contributed by atoms with Crippen molar-refractivity contribution in [2.45, 2.75) is 165 Å². The summed E-state index contributed by atoms with van der Waals surface area (Å²) >= 11 is 0. The van der Waals surface area contributed by atoms with Gasteiger partial charge in [-0.1, -0.05) is 302 Å². The van der Waals surface area contributed by atoms with Gasteiger partial charge in [0.2, 0.25) is 0 Å². The minimum absolute atomic E-state index is 0. The quantitative estimate of drug-likeness (QED) is 0.121. The van der Waals surface area contributed by atoms with E-state index < -0.39 is 0 Å². The van der Waals surface area contributed by atoms with Crippen LogP contribution in [0.5, 0.6) is 0 Å². The van der Waals surface area contributed by atoms with Crippen molar-refractivity contribution in [1.29, 1.82) is 0 Å². The van der Waals surface area contributed by atoms with Crippen molar-refractivity contribution >= 4 is 5.57 Å². The maximum Gasteiger partial charge on any atom is -0.00258 e. The lowest BCUT2D eigenvalue weighted by Crippen LogP contribution is -2.04. The Morgan fingerprint density at radius 3 is 1.25 bits per heavy atom. The predicted octanol–water partition coefficient (Wildman–Crippen LogP) is 21.7. The number of benzene rings is 7. The van der Waals surface area contributed by atoms with E-state index in [9.17, 15) is 0 Å². The fourth-order valence-corrected chi connectivity index (χ4v) is 9.07. The molecular weight excluding hydrogens is 865 g/mol. The fourth-order valence-electron chi connectivity index (χ4n) is 9.07. The SMILES string of the molecule is C.CC(C)c1ccc(-c2ccccc2)cc1.CC(C)c1ccc(C2=CC=CC2)cc1.CC(C)c1ccc(C2CCCCC2)cc1.CC(C)c1ccc(Cc2ccccc2)cc1.Cc1ccc(CC(C)C)cc1. The third-order valence-corrected chi connectivity index (χ3v) is 13.7. The number of allylic oxidation sites excluding steroid dienone is 4. The van der Waals surface area contributed by atoms with Crippen molar-refractivity contribution in [2.24, 2.45) is 5.92 Å². The summed E-state index contributed by atoms with van der Waals surface area (Å²) in [6.45, 7) is 24.5. The summed E-state index contributed by atoms with van der Waals surface area (Å²) in [6.07, 6.45) is 16.9. The van der Waals surface area contributed by atoms with Gasteiger partial charge in [-0.2, -0.15) is 0 Å². The Labute approximate surface area is 440 Å². The molecule has 0 bridgehead atoms. The van der Waals surface area contributed by atoms with Crippen molar-refractivity contribution in [1.82, 2.24) is 0 Å². The predicted molar refractivity (Wildman–Crippen MR) is 321 cm³/mol. The molecule has 0 aromatic heterocycles. The Balaban J connectivity index is 0.000000196. The minimum atomic E-state index is 0. The van der Waals surface area contributed by atoms with Gasteiger partial charge in [-0.15, -0.1) is 0 Å². The molecule has 7 aromatic carbocycles. The van der Waals surface area contributed by atoms with Crippen LogP contribution in [0, 0.1) is 12.8 Å². The van der Waals surface area contributed by atoms with Gasteiger partial charge in [0.1, 0.15) is 0 Å². The second kappa shape index (κ2) is 31.5. The maximum absolute atomic E-state index is 2.35. The summed E-state index contributed by atoms with van der Waals surface area (Å²) in [5, 5.41) is 0. The van der Waals surface area contributed by atoms with Crippen molar-refractivity contribution in [3.8, 4) is 11.1 Å². The monoisotopic (exact) mass is 957 g/mol. The lowest BCUT2D eigenvalue weighted by Gasteiger charge is -2.22. The van der Waals surface area contributed by atoms with Gasteiger partial charge in [-0.3, -0.25) is 0 Å². The number of aryl methyl sites for hydroxylation is 1. The molecule has 2 aliphatic carbocycles. The van der Waals surface area contributed by atoms with Crippen LogP contribution in [0.25, 0.3) is 16.7 Å². The van der Waals surface area contributed by atoms with E-state index in [1.165, 1.54) is 105 Å². The molecule has 0 nitrogen and oxygen atoms in total. The van der Waals surface area contributed by atoms with Crippen molar-refractivity contribution in [3.63, 3.8) is 0 Å². The third-order valence-electron chi connectivity index (χ3n) is 13.7. The van der Waals surface area contributed by atoms with Gasteiger partial charge in [0.15, 0.2) is 0 Å². The Kier molecular flexibility index (Phi) is 25.6. The molecule has 1 saturated carbocycles. The molecule has 0 atom stereocenters. The van der Waals surface area contributed by atoms with Crippen LogP contribution in [0.4, 0.5) is 0 Å². The molecule has 0 N–H and O–H groups in total. The van der Waals surface area contributed by atoms with Crippen molar-refractivity contribution < 1.29 is 0 Å². The first-order valence-corrected chi connectivity index (χ1v) is 27.1. The molecule has 0 heteroatoms. The molecule has 0 heterocycles. The van der Waals surface area contributed by atoms with Gasteiger partial charge < -0.3 is 0 Å². The van der Waals surface area contributed by atoms with Gasteiger partial charge in [0.25, 0.3) is 0 Å². The van der Waals surface area contributed by atoms with Crippen LogP contribution in [0.2, 0.25) is 0 Å². The Hall–Kier alpha value is -5.98. The molecule has 0 unspecified atom stereocenters. The van der Waals surface area contributed by atoms with Crippen LogP contribution in [0.3, 0.4) is 0 Å². The molecular formula is C72H92. The minimum Gasteiger partial charge on any atom is -0.0801 e. The van der Waals surface area contributed by atoms with Crippen LogP contribution >= 0.6 is 0 Å². The summed E-state index contributed by atoms with van der Waals surface area (Å²) in [4.78, 5) is 0. The molecule has 0 saturated heterocycles. The molecule has 72 heavy (non-hydrogen) atoms. The second-order valence-electron chi connectivity index (χ2n) is 21.5. The number of hydrogen-bond donors (Lipinski definition) is 0. The summed E-state index contributed by atoms with van der Waals surface area (Å²) < 4.78 is 0. The van der Waals surface area contributed by atoms with Gasteiger partial charge in [-0.05, 0) is 141 Å². The van der Waals surface area contributed by atoms with Crippen LogP contribution in [-0.4, -0.2) is 0 Å². The van der Waals surface area contributed by atoms with E-state index in [4.69, 9.17) is 0 Å². The first-order chi connectivity index (χ1) is 34.2. The third kappa shape index (κ3) is 20.6. The first-order valence-electron chi connectivity index (χ1n) is 27.1. The molecule has 7 aromatic rings. The first kappa shape index (κ1) is 58.6. The number of hydrogen-bond acceptors (Lipinski definition) is 0. The zero-order chi connectivity index (χ0) is 51.0. The topological polar surface area (TPSA) is 0 Å². The highest BCUT2D eigenvalue weighted by Gasteiger charge is 2.15. The summed E-state index contributed by atoms with van der Waals surface area (Å²) in [5.74, 6) is 4.11. The zero-order valence-electron chi connectivity index (χ0n) is 45.7. The average Bonchev–Trinajstić information content (AvgIpc) is 3.95. The van der Waals surface area contributed by atoms with E-state index in [0.29, 0.717) is 23.7 Å². The highest BCUT2D eigenvalue weighted by molar-refractivity contribution is 5.71. The highest BCUT2D eigenvalue weighted by Crippen LogP contribution is 2.33. The molecule has 2 aliphatic rings. The molecule has 1 fully saturated rings. The summed E-state index contributed by atoms with van der Waals surface area (Å²) in [6, 6.07) is 65.9. The fraction of sp³-hybridized carbons (Fsp3) is 0.361. The molecule has 9 rings (SSSR count). The largest absolute Gasteiger partial charge is 0.0801 e. The van der Waals surface area contributed by atoms with Crippen LogP contribution < -0.4 is 0 Å². The van der Waals surface area contributed by atoms with Gasteiger partial charge in [0.05, 0.1) is 0 Å². The lowest BCUT2D eigenvalue weighted by atomic mass is 9.83. The van der Waals surface area contributed by atoms with E-state index in [-0.39, 0.29) is 7.43 Å². The smallest absolute Gasteiger partial charge is 0.00258 e. The van der Waals surface area contributed by atoms with Gasteiger partial charge in [0, 0.05) is 0 Å². The lowest BCUT2D eigenvalue weighted by molar-refractivity contribution is 0.443. The van der Waals surface area contributed by atoms with Crippen molar-refractivity contribution in [3.05, 3.63) is 256 Å². The summed E-state index contributed by atoms with van der Waals surface area (Å²) in [7, 11) is 0. The molecule has 0 aliphatic heterocycles. The number of rotatable bonds is 11. The van der Waals surface area contributed by atoms with E-state index in [0.717, 1.165) is 24.7 Å².